The molecule has 0 bridgehead atoms. The van der Waals surface area contributed by atoms with E-state index in [0.717, 1.165) is 61.1 Å². The highest BCUT2D eigenvalue weighted by atomic mass is 35.5. The Balaban J connectivity index is 1.32. The highest BCUT2D eigenvalue weighted by Crippen LogP contribution is 2.31. The van der Waals surface area contributed by atoms with Crippen LogP contribution in [0, 0.1) is 5.92 Å². The first kappa shape index (κ1) is 28.5. The molecule has 2 aliphatic heterocycles. The van der Waals surface area contributed by atoms with Gasteiger partial charge in [0.05, 0.1) is 11.9 Å². The number of amides is 1. The molecule has 0 aliphatic carbocycles. The van der Waals surface area contributed by atoms with E-state index < -0.39 is 0 Å². The van der Waals surface area contributed by atoms with E-state index in [1.54, 1.807) is 19.2 Å². The molecule has 1 amide bonds. The van der Waals surface area contributed by atoms with Gasteiger partial charge in [-0.2, -0.15) is 0 Å². The zero-order chi connectivity index (χ0) is 28.1. The SMILES string of the molecule is CC(=O)NCC1CCN(Cc2cc(Oc3ccc(N4CCN(F)CC4)nc3)nc(-c3cc(Cl)cc(Cl)c3)c2)CC1. The second-order valence-corrected chi connectivity index (χ2v) is 11.2. The predicted octanol–water partition coefficient (Wildman–Crippen LogP) is 5.60. The summed E-state index contributed by atoms with van der Waals surface area (Å²) >= 11 is 12.6. The number of likely N-dealkylation sites (tertiary alicyclic amines) is 1. The van der Waals surface area contributed by atoms with Gasteiger partial charge in [-0.15, -0.1) is 9.60 Å². The van der Waals surface area contributed by atoms with Gasteiger partial charge in [0.2, 0.25) is 11.8 Å². The Morgan fingerprint density at radius 1 is 1.02 bits per heavy atom. The maximum absolute atomic E-state index is 13.4. The number of hydrogen-bond acceptors (Lipinski definition) is 7. The number of halogens is 3. The van der Waals surface area contributed by atoms with Gasteiger partial charge in [0.1, 0.15) is 11.6 Å². The minimum atomic E-state index is 0.0184. The first-order valence-corrected chi connectivity index (χ1v) is 14.3. The fraction of sp³-hybridized carbons (Fsp3) is 0.414. The number of ether oxygens (including phenoxy) is 1. The van der Waals surface area contributed by atoms with E-state index in [2.05, 4.69) is 20.1 Å². The number of anilines is 1. The number of carbonyl (C=O) groups excluding carboxylic acids is 1. The van der Waals surface area contributed by atoms with Crippen LogP contribution in [-0.4, -0.2) is 71.7 Å². The third-order valence-corrected chi connectivity index (χ3v) is 7.70. The molecule has 0 atom stereocenters. The summed E-state index contributed by atoms with van der Waals surface area (Å²) in [6, 6.07) is 13.1. The molecule has 11 heteroatoms. The van der Waals surface area contributed by atoms with Gasteiger partial charge in [-0.3, -0.25) is 9.69 Å². The lowest BCUT2D eigenvalue weighted by atomic mass is 9.96. The molecule has 40 heavy (non-hydrogen) atoms. The van der Waals surface area contributed by atoms with E-state index >= 15 is 0 Å². The number of carbonyl (C=O) groups is 1. The topological polar surface area (TPSA) is 73.8 Å². The van der Waals surface area contributed by atoms with Gasteiger partial charge in [-0.1, -0.05) is 23.2 Å². The Labute approximate surface area is 244 Å². The highest BCUT2D eigenvalue weighted by molar-refractivity contribution is 6.35. The average molecular weight is 588 g/mol. The molecule has 0 radical (unpaired) electrons. The van der Waals surface area contributed by atoms with E-state index in [9.17, 15) is 9.28 Å². The van der Waals surface area contributed by atoms with Crippen LogP contribution in [0.1, 0.15) is 25.3 Å². The molecule has 3 aromatic rings. The molecular weight excluding hydrogens is 554 g/mol. The van der Waals surface area contributed by atoms with Gasteiger partial charge >= 0.3 is 0 Å². The summed E-state index contributed by atoms with van der Waals surface area (Å²) < 4.78 is 19.5. The summed E-state index contributed by atoms with van der Waals surface area (Å²) in [4.78, 5) is 25.0. The van der Waals surface area contributed by atoms with Crippen LogP contribution >= 0.6 is 23.2 Å². The Bertz CT molecular complexity index is 1290. The van der Waals surface area contributed by atoms with Gasteiger partial charge in [-0.05, 0) is 73.8 Å². The van der Waals surface area contributed by atoms with Gasteiger partial charge in [0.15, 0.2) is 0 Å². The number of piperazine rings is 1. The van der Waals surface area contributed by atoms with Crippen molar-refractivity contribution in [2.45, 2.75) is 26.3 Å². The van der Waals surface area contributed by atoms with Crippen LogP contribution in [0.15, 0.2) is 48.7 Å². The van der Waals surface area contributed by atoms with E-state index in [-0.39, 0.29) is 5.91 Å². The average Bonchev–Trinajstić information content (AvgIpc) is 2.93. The molecule has 5 rings (SSSR count). The minimum Gasteiger partial charge on any atom is -0.437 e. The summed E-state index contributed by atoms with van der Waals surface area (Å²) in [5.41, 5.74) is 2.58. The molecule has 1 N–H and O–H groups in total. The maximum Gasteiger partial charge on any atom is 0.220 e. The number of hydrogen-bond donors (Lipinski definition) is 1. The number of piperidine rings is 1. The molecular formula is C29H33Cl2FN6O2. The van der Waals surface area contributed by atoms with Gasteiger partial charge < -0.3 is 15.0 Å². The smallest absolute Gasteiger partial charge is 0.220 e. The molecule has 1 aromatic carbocycles. The van der Waals surface area contributed by atoms with Crippen molar-refractivity contribution in [1.29, 1.82) is 0 Å². The van der Waals surface area contributed by atoms with Gasteiger partial charge in [0, 0.05) is 67.9 Å². The fourth-order valence-corrected chi connectivity index (χ4v) is 5.63. The van der Waals surface area contributed by atoms with E-state index in [1.807, 2.05) is 36.4 Å². The Kier molecular flexibility index (Phi) is 9.36. The summed E-state index contributed by atoms with van der Waals surface area (Å²) in [6.45, 7) is 6.82. The van der Waals surface area contributed by atoms with Crippen molar-refractivity contribution >= 4 is 34.9 Å². The second kappa shape index (κ2) is 13.1. The van der Waals surface area contributed by atoms with Crippen molar-refractivity contribution in [3.8, 4) is 22.9 Å². The first-order valence-electron chi connectivity index (χ1n) is 13.5. The van der Waals surface area contributed by atoms with Crippen LogP contribution in [-0.2, 0) is 11.3 Å². The lowest BCUT2D eigenvalue weighted by Gasteiger charge is -2.32. The summed E-state index contributed by atoms with van der Waals surface area (Å²) in [5, 5.41) is 4.83. The van der Waals surface area contributed by atoms with Crippen molar-refractivity contribution in [3.63, 3.8) is 0 Å². The largest absolute Gasteiger partial charge is 0.437 e. The molecule has 212 valence electrons. The monoisotopic (exact) mass is 586 g/mol. The Morgan fingerprint density at radius 2 is 1.75 bits per heavy atom. The van der Waals surface area contributed by atoms with Crippen LogP contribution in [0.25, 0.3) is 11.3 Å². The normalized spacial score (nSPS) is 17.1. The minimum absolute atomic E-state index is 0.0184. The highest BCUT2D eigenvalue weighted by Gasteiger charge is 2.21. The summed E-state index contributed by atoms with van der Waals surface area (Å²) in [6.07, 6.45) is 3.73. The number of nitrogens with zero attached hydrogens (tertiary/aromatic N) is 5. The molecule has 2 saturated heterocycles. The third-order valence-electron chi connectivity index (χ3n) is 7.27. The van der Waals surface area contributed by atoms with Gasteiger partial charge in [-0.25, -0.2) is 9.97 Å². The second-order valence-electron chi connectivity index (χ2n) is 10.4. The van der Waals surface area contributed by atoms with E-state index in [0.29, 0.717) is 59.5 Å². The molecule has 8 nitrogen and oxygen atoms in total. The van der Waals surface area contributed by atoms with E-state index in [1.165, 1.54) is 0 Å². The van der Waals surface area contributed by atoms with Crippen LogP contribution < -0.4 is 15.0 Å². The third kappa shape index (κ3) is 7.81. The number of aromatic nitrogens is 2. The maximum atomic E-state index is 13.4. The number of nitrogens with one attached hydrogen (secondary N) is 1. The zero-order valence-corrected chi connectivity index (χ0v) is 24.0. The molecule has 2 aromatic heterocycles. The van der Waals surface area contributed by atoms with Crippen molar-refractivity contribution in [2.75, 3.05) is 50.7 Å². The Hall–Kier alpha value is -2.98. The quantitative estimate of drug-likeness (QED) is 0.344. The lowest BCUT2D eigenvalue weighted by molar-refractivity contribution is -0.119. The van der Waals surface area contributed by atoms with Crippen LogP contribution in [0.5, 0.6) is 11.6 Å². The first-order chi connectivity index (χ1) is 19.3. The van der Waals surface area contributed by atoms with Crippen molar-refractivity contribution in [2.24, 2.45) is 5.92 Å². The fourth-order valence-electron chi connectivity index (χ4n) is 5.10. The van der Waals surface area contributed by atoms with Crippen molar-refractivity contribution < 1.29 is 14.0 Å². The summed E-state index contributed by atoms with van der Waals surface area (Å²) in [7, 11) is 0. The van der Waals surface area contributed by atoms with Crippen molar-refractivity contribution in [1.82, 2.24) is 25.3 Å². The zero-order valence-electron chi connectivity index (χ0n) is 22.5. The number of benzene rings is 1. The molecule has 0 unspecified atom stereocenters. The van der Waals surface area contributed by atoms with E-state index in [4.69, 9.17) is 32.9 Å². The molecule has 0 saturated carbocycles. The predicted molar refractivity (Wildman–Crippen MR) is 156 cm³/mol. The van der Waals surface area contributed by atoms with Crippen LogP contribution in [0.4, 0.5) is 10.3 Å². The Morgan fingerprint density at radius 3 is 2.40 bits per heavy atom. The lowest BCUT2D eigenvalue weighted by Crippen LogP contribution is -2.43. The molecule has 0 spiro atoms. The van der Waals surface area contributed by atoms with Crippen molar-refractivity contribution in [3.05, 3.63) is 64.3 Å². The number of pyridine rings is 2. The molecule has 2 fully saturated rings. The summed E-state index contributed by atoms with van der Waals surface area (Å²) in [5.74, 6) is 2.32. The standard InChI is InChI=1S/C29H33Cl2FN6O2/c1-20(39)33-17-21-4-6-36(7-5-21)19-22-12-27(23-14-24(30)16-25(31)15-23)35-29(13-22)40-26-2-3-28(34-18-26)37-8-10-38(32)11-9-37/h2-3,12-16,18,21H,4-11,17,19H2,1H3,(H,33,39). The number of rotatable bonds is 8. The molecule has 4 heterocycles. The van der Waals surface area contributed by atoms with Crippen LogP contribution in [0.2, 0.25) is 10.0 Å². The molecule has 2 aliphatic rings. The van der Waals surface area contributed by atoms with Gasteiger partial charge in [0.25, 0.3) is 0 Å². The van der Waals surface area contributed by atoms with Crippen LogP contribution in [0.3, 0.4) is 0 Å².